The highest BCUT2D eigenvalue weighted by Crippen LogP contribution is 2.59. The van der Waals surface area contributed by atoms with Crippen molar-refractivity contribution in [3.05, 3.63) is 101 Å². The molecule has 0 saturated carbocycles. The first kappa shape index (κ1) is 23.8. The fourth-order valence-corrected chi connectivity index (χ4v) is 6.14. The van der Waals surface area contributed by atoms with E-state index in [1.165, 1.54) is 0 Å². The van der Waals surface area contributed by atoms with Crippen LogP contribution in [-0.2, 0) is 19.1 Å². The zero-order valence-electron chi connectivity index (χ0n) is 20.7. The minimum absolute atomic E-state index is 0.195. The molecule has 3 atom stereocenters. The van der Waals surface area contributed by atoms with Crippen molar-refractivity contribution in [3.8, 4) is 0 Å². The van der Waals surface area contributed by atoms with Crippen LogP contribution in [0.4, 0.5) is 5.69 Å². The number of cyclic esters (lactones) is 2. The second kappa shape index (κ2) is 8.48. The van der Waals surface area contributed by atoms with Gasteiger partial charge in [0.25, 0.3) is 0 Å². The highest BCUT2D eigenvalue weighted by molar-refractivity contribution is 6.37. The molecular weight excluding hydrogens is 486 g/mol. The summed E-state index contributed by atoms with van der Waals surface area (Å²) in [6, 6.07) is 19.3. The van der Waals surface area contributed by atoms with Crippen molar-refractivity contribution in [1.29, 1.82) is 0 Å². The maximum absolute atomic E-state index is 14.2. The van der Waals surface area contributed by atoms with E-state index in [-0.39, 0.29) is 17.7 Å². The zero-order valence-corrected chi connectivity index (χ0v) is 20.7. The third-order valence-electron chi connectivity index (χ3n) is 7.72. The first-order valence-electron chi connectivity index (χ1n) is 12.4. The van der Waals surface area contributed by atoms with Crippen LogP contribution in [0.2, 0.25) is 0 Å². The average Bonchev–Trinajstić information content (AvgIpc) is 3.48. The SMILES string of the molecule is CCOC(=O)c1ccc(N2[C@H](c3ccc(C)cc3)[C@@H]3C(=O)OC(=O)[C@@H]3C23C(=O)c2ccccc2C3=O)cc1. The lowest BCUT2D eigenvalue weighted by Gasteiger charge is -2.39. The number of carbonyl (C=O) groups is 5. The standard InChI is InChI=1S/C30H23NO7/c1-3-37-27(34)18-12-14-19(15-13-18)31-24(17-10-8-16(2)9-11-17)22-23(29(36)38-28(22)35)30(31)25(32)20-6-4-5-7-21(20)26(30)33/h4-15,22-24H,3H2,1-2H3/t22-,23-,24-/m1/s1. The van der Waals surface area contributed by atoms with Gasteiger partial charge in [0.2, 0.25) is 0 Å². The number of anilines is 1. The molecule has 0 unspecified atom stereocenters. The Bertz CT molecular complexity index is 1490. The molecular formula is C30H23NO7. The van der Waals surface area contributed by atoms with Gasteiger partial charge < -0.3 is 14.4 Å². The number of fused-ring (bicyclic) bond motifs is 3. The molecule has 2 aliphatic heterocycles. The number of aryl methyl sites for hydroxylation is 1. The van der Waals surface area contributed by atoms with Crippen molar-refractivity contribution in [2.45, 2.75) is 25.4 Å². The molecule has 3 aromatic rings. The molecule has 0 aromatic heterocycles. The number of hydrogen-bond donors (Lipinski definition) is 0. The first-order valence-corrected chi connectivity index (χ1v) is 12.4. The number of esters is 3. The lowest BCUT2D eigenvalue weighted by molar-refractivity contribution is -0.154. The summed E-state index contributed by atoms with van der Waals surface area (Å²) in [5.41, 5.74) is 0.710. The number of ketones is 2. The van der Waals surface area contributed by atoms with Crippen LogP contribution in [0.25, 0.3) is 0 Å². The van der Waals surface area contributed by atoms with Gasteiger partial charge >= 0.3 is 17.9 Å². The number of benzene rings is 3. The van der Waals surface area contributed by atoms with Gasteiger partial charge in [-0.05, 0) is 43.7 Å². The fourth-order valence-electron chi connectivity index (χ4n) is 6.14. The number of ether oxygens (including phenoxy) is 2. The van der Waals surface area contributed by atoms with Gasteiger partial charge in [-0.2, -0.15) is 0 Å². The highest BCUT2D eigenvalue weighted by Gasteiger charge is 2.76. The second-order valence-electron chi connectivity index (χ2n) is 9.71. The Morgan fingerprint density at radius 3 is 2.05 bits per heavy atom. The normalized spacial score (nSPS) is 23.0. The van der Waals surface area contributed by atoms with Crippen molar-refractivity contribution < 1.29 is 33.4 Å². The van der Waals surface area contributed by atoms with Gasteiger partial charge in [0.15, 0.2) is 17.1 Å². The van der Waals surface area contributed by atoms with Gasteiger partial charge in [0.05, 0.1) is 24.1 Å². The molecule has 0 radical (unpaired) electrons. The van der Waals surface area contributed by atoms with Gasteiger partial charge in [-0.1, -0.05) is 54.1 Å². The van der Waals surface area contributed by atoms with Gasteiger partial charge in [-0.15, -0.1) is 0 Å². The lowest BCUT2D eigenvalue weighted by atomic mass is 9.76. The minimum atomic E-state index is -2.02. The summed E-state index contributed by atoms with van der Waals surface area (Å²) in [6.07, 6.45) is 0. The zero-order chi connectivity index (χ0) is 26.8. The van der Waals surface area contributed by atoms with Crippen LogP contribution >= 0.6 is 0 Å². The topological polar surface area (TPSA) is 107 Å². The lowest BCUT2D eigenvalue weighted by Crippen LogP contribution is -2.59. The molecule has 2 saturated heterocycles. The average molecular weight is 510 g/mol. The molecule has 1 aliphatic carbocycles. The largest absolute Gasteiger partial charge is 0.462 e. The monoisotopic (exact) mass is 509 g/mol. The summed E-state index contributed by atoms with van der Waals surface area (Å²) in [7, 11) is 0. The van der Waals surface area contributed by atoms with Gasteiger partial charge in [-0.25, -0.2) is 4.79 Å². The van der Waals surface area contributed by atoms with Gasteiger partial charge in [-0.3, -0.25) is 19.2 Å². The summed E-state index contributed by atoms with van der Waals surface area (Å²) < 4.78 is 10.2. The van der Waals surface area contributed by atoms with E-state index in [0.717, 1.165) is 5.56 Å². The van der Waals surface area contributed by atoms with E-state index in [9.17, 15) is 24.0 Å². The maximum Gasteiger partial charge on any atom is 0.338 e. The molecule has 2 heterocycles. The van der Waals surface area contributed by atoms with Crippen molar-refractivity contribution in [1.82, 2.24) is 0 Å². The summed E-state index contributed by atoms with van der Waals surface area (Å²) in [6.45, 7) is 3.83. The Morgan fingerprint density at radius 2 is 1.47 bits per heavy atom. The predicted octanol–water partition coefficient (Wildman–Crippen LogP) is 3.87. The first-order chi connectivity index (χ1) is 18.3. The molecule has 0 N–H and O–H groups in total. The van der Waals surface area contributed by atoms with Crippen LogP contribution < -0.4 is 4.90 Å². The van der Waals surface area contributed by atoms with Crippen LogP contribution in [0.5, 0.6) is 0 Å². The molecule has 3 aliphatic rings. The Kier molecular flexibility index (Phi) is 5.31. The van der Waals surface area contributed by atoms with E-state index in [2.05, 4.69) is 0 Å². The molecule has 0 amide bonds. The van der Waals surface area contributed by atoms with Crippen LogP contribution in [-0.4, -0.2) is 41.6 Å². The highest BCUT2D eigenvalue weighted by atomic mass is 16.6. The summed E-state index contributed by atoms with van der Waals surface area (Å²) >= 11 is 0. The van der Waals surface area contributed by atoms with Crippen molar-refractivity contribution in [2.24, 2.45) is 11.8 Å². The molecule has 190 valence electrons. The predicted molar refractivity (Wildman–Crippen MR) is 135 cm³/mol. The Labute approximate surface area is 218 Å². The maximum atomic E-state index is 14.2. The number of Topliss-reactive ketones (excluding diaryl/α,β-unsaturated/α-hetero) is 2. The summed E-state index contributed by atoms with van der Waals surface area (Å²) in [4.78, 5) is 68.8. The number of hydrogen-bond acceptors (Lipinski definition) is 8. The summed E-state index contributed by atoms with van der Waals surface area (Å²) in [5.74, 6) is -5.70. The van der Waals surface area contributed by atoms with Crippen molar-refractivity contribution >= 4 is 35.2 Å². The van der Waals surface area contributed by atoms with E-state index in [4.69, 9.17) is 9.47 Å². The fraction of sp³-hybridized carbons (Fsp3) is 0.233. The minimum Gasteiger partial charge on any atom is -0.462 e. The molecule has 0 bridgehead atoms. The van der Waals surface area contributed by atoms with Crippen LogP contribution in [0.1, 0.15) is 55.2 Å². The molecule has 2 fully saturated rings. The number of rotatable bonds is 4. The Hall–Kier alpha value is -4.59. The molecule has 1 spiro atoms. The van der Waals surface area contributed by atoms with E-state index < -0.39 is 52.9 Å². The molecule has 8 heteroatoms. The van der Waals surface area contributed by atoms with Crippen LogP contribution in [0.3, 0.4) is 0 Å². The molecule has 3 aromatic carbocycles. The quantitative estimate of drug-likeness (QED) is 0.386. The number of carbonyl (C=O) groups excluding carboxylic acids is 5. The van der Waals surface area contributed by atoms with Crippen LogP contribution in [0, 0.1) is 18.8 Å². The van der Waals surface area contributed by atoms with Gasteiger partial charge in [0, 0.05) is 16.8 Å². The molecule has 38 heavy (non-hydrogen) atoms. The van der Waals surface area contributed by atoms with E-state index in [1.54, 1.807) is 60.4 Å². The molecule has 6 rings (SSSR count). The summed E-state index contributed by atoms with van der Waals surface area (Å²) in [5, 5.41) is 0. The van der Waals surface area contributed by atoms with Crippen molar-refractivity contribution in [2.75, 3.05) is 11.5 Å². The van der Waals surface area contributed by atoms with E-state index in [0.29, 0.717) is 16.8 Å². The Morgan fingerprint density at radius 1 is 0.868 bits per heavy atom. The van der Waals surface area contributed by atoms with E-state index >= 15 is 0 Å². The van der Waals surface area contributed by atoms with Gasteiger partial charge in [0.1, 0.15) is 5.92 Å². The number of nitrogens with zero attached hydrogens (tertiary/aromatic N) is 1. The van der Waals surface area contributed by atoms with Crippen LogP contribution in [0.15, 0.2) is 72.8 Å². The Balaban J connectivity index is 1.61. The smallest absolute Gasteiger partial charge is 0.338 e. The molecule has 8 nitrogen and oxygen atoms in total. The van der Waals surface area contributed by atoms with E-state index in [1.807, 2.05) is 31.2 Å². The second-order valence-corrected chi connectivity index (χ2v) is 9.71. The van der Waals surface area contributed by atoms with Crippen molar-refractivity contribution in [3.63, 3.8) is 0 Å². The third kappa shape index (κ3) is 3.06. The third-order valence-corrected chi connectivity index (χ3v) is 7.72.